The smallest absolute Gasteiger partial charge is 0.317 e. The number of nitrogens with one attached hydrogen (secondary N) is 2. The lowest BCUT2D eigenvalue weighted by atomic mass is 9.92. The molecule has 1 saturated carbocycles. The molecule has 0 aromatic heterocycles. The maximum Gasteiger partial charge on any atom is 0.319 e. The Kier molecular flexibility index (Phi) is 3.63. The van der Waals surface area contributed by atoms with Crippen LogP contribution in [0.25, 0.3) is 0 Å². The van der Waals surface area contributed by atoms with Gasteiger partial charge >= 0.3 is 12.3 Å². The standard InChI is InChI=1S/C11H18F4N2/c12-9(13)11(14,15)7-17-6-8-5-10(8)1-3-16-4-2-10/h8-9,16-17H,1-7H2. The third-order valence-corrected chi connectivity index (χ3v) is 4.03. The SMILES string of the molecule is FC(F)C(F)(F)CNCC1CC12CCNCC2. The number of piperidine rings is 1. The summed E-state index contributed by atoms with van der Waals surface area (Å²) in [5.74, 6) is -3.52. The van der Waals surface area contributed by atoms with Crippen molar-refractivity contribution in [1.29, 1.82) is 0 Å². The Balaban J connectivity index is 1.67. The summed E-state index contributed by atoms with van der Waals surface area (Å²) in [5, 5.41) is 5.75. The fourth-order valence-corrected chi connectivity index (χ4v) is 2.75. The van der Waals surface area contributed by atoms with Crippen LogP contribution in [0.15, 0.2) is 0 Å². The number of alkyl halides is 4. The normalized spacial score (nSPS) is 27.7. The van der Waals surface area contributed by atoms with Crippen LogP contribution in [0.4, 0.5) is 17.6 Å². The minimum absolute atomic E-state index is 0.304. The monoisotopic (exact) mass is 254 g/mol. The van der Waals surface area contributed by atoms with Crippen LogP contribution in [-0.4, -0.2) is 38.5 Å². The Labute approximate surface area is 98.1 Å². The molecule has 1 saturated heterocycles. The van der Waals surface area contributed by atoms with Crippen molar-refractivity contribution in [2.24, 2.45) is 11.3 Å². The van der Waals surface area contributed by atoms with E-state index >= 15 is 0 Å². The fraction of sp³-hybridized carbons (Fsp3) is 1.00. The van der Waals surface area contributed by atoms with Crippen LogP contribution in [-0.2, 0) is 0 Å². The number of hydrogen-bond acceptors (Lipinski definition) is 2. The molecule has 2 nitrogen and oxygen atoms in total. The van der Waals surface area contributed by atoms with Crippen LogP contribution in [0.5, 0.6) is 0 Å². The number of rotatable bonds is 5. The van der Waals surface area contributed by atoms with Crippen LogP contribution in [0.1, 0.15) is 19.3 Å². The Morgan fingerprint density at radius 2 is 1.94 bits per heavy atom. The molecular weight excluding hydrogens is 236 g/mol. The summed E-state index contributed by atoms with van der Waals surface area (Å²) >= 11 is 0. The molecule has 2 N–H and O–H groups in total. The van der Waals surface area contributed by atoms with Crippen molar-refractivity contribution in [3.63, 3.8) is 0 Å². The lowest BCUT2D eigenvalue weighted by molar-refractivity contribution is -0.125. The van der Waals surface area contributed by atoms with E-state index in [0.717, 1.165) is 32.4 Å². The Morgan fingerprint density at radius 1 is 1.29 bits per heavy atom. The summed E-state index contributed by atoms with van der Waals surface area (Å²) in [7, 11) is 0. The molecule has 6 heteroatoms. The first kappa shape index (κ1) is 13.1. The molecule has 1 heterocycles. The summed E-state index contributed by atoms with van der Waals surface area (Å²) in [6.45, 7) is 1.46. The second-order valence-electron chi connectivity index (χ2n) is 5.21. The van der Waals surface area contributed by atoms with Gasteiger partial charge in [0.25, 0.3) is 0 Å². The van der Waals surface area contributed by atoms with E-state index in [-0.39, 0.29) is 0 Å². The van der Waals surface area contributed by atoms with E-state index in [9.17, 15) is 17.6 Å². The highest BCUT2D eigenvalue weighted by Crippen LogP contribution is 2.58. The summed E-state index contributed by atoms with van der Waals surface area (Å²) in [6, 6.07) is 0. The molecule has 100 valence electrons. The lowest BCUT2D eigenvalue weighted by Gasteiger charge is -2.24. The summed E-state index contributed by atoms with van der Waals surface area (Å²) in [4.78, 5) is 0. The quantitative estimate of drug-likeness (QED) is 0.732. The van der Waals surface area contributed by atoms with Crippen LogP contribution >= 0.6 is 0 Å². The summed E-state index contributed by atoms with van der Waals surface area (Å²) < 4.78 is 49.1. The van der Waals surface area contributed by atoms with Gasteiger partial charge in [0, 0.05) is 0 Å². The predicted octanol–water partition coefficient (Wildman–Crippen LogP) is 1.87. The van der Waals surface area contributed by atoms with Crippen LogP contribution in [0.3, 0.4) is 0 Å². The molecule has 0 radical (unpaired) electrons. The molecular formula is C11H18F4N2. The zero-order chi connectivity index (χ0) is 12.5. The molecule has 17 heavy (non-hydrogen) atoms. The van der Waals surface area contributed by atoms with Gasteiger partial charge in [-0.2, -0.15) is 8.78 Å². The van der Waals surface area contributed by atoms with E-state index in [1.165, 1.54) is 0 Å². The third-order valence-electron chi connectivity index (χ3n) is 4.03. The summed E-state index contributed by atoms with van der Waals surface area (Å²) in [6.07, 6.45) is -0.390. The molecule has 0 aromatic rings. The highest BCUT2D eigenvalue weighted by molar-refractivity contribution is 5.05. The molecule has 1 unspecified atom stereocenters. The van der Waals surface area contributed by atoms with Crippen LogP contribution in [0.2, 0.25) is 0 Å². The number of halogens is 4. The van der Waals surface area contributed by atoms with Gasteiger partial charge < -0.3 is 10.6 Å². The average Bonchev–Trinajstić information content (AvgIpc) is 2.91. The highest BCUT2D eigenvalue weighted by atomic mass is 19.3. The molecule has 1 aliphatic carbocycles. The van der Waals surface area contributed by atoms with Crippen molar-refractivity contribution in [3.8, 4) is 0 Å². The van der Waals surface area contributed by atoms with E-state index < -0.39 is 18.9 Å². The molecule has 2 rings (SSSR count). The minimum atomic E-state index is -3.91. The predicted molar refractivity (Wildman–Crippen MR) is 56.5 cm³/mol. The van der Waals surface area contributed by atoms with E-state index in [1.807, 2.05) is 0 Å². The highest BCUT2D eigenvalue weighted by Gasteiger charge is 2.53. The topological polar surface area (TPSA) is 24.1 Å². The van der Waals surface area contributed by atoms with Gasteiger partial charge in [-0.3, -0.25) is 0 Å². The maximum atomic E-state index is 12.6. The molecule has 1 aliphatic heterocycles. The lowest BCUT2D eigenvalue weighted by Crippen LogP contribution is -2.40. The second-order valence-corrected chi connectivity index (χ2v) is 5.21. The van der Waals surface area contributed by atoms with E-state index in [4.69, 9.17) is 0 Å². The van der Waals surface area contributed by atoms with Gasteiger partial charge in [0.15, 0.2) is 0 Å². The van der Waals surface area contributed by atoms with Gasteiger partial charge in [0.1, 0.15) is 0 Å². The molecule has 2 aliphatic rings. The largest absolute Gasteiger partial charge is 0.319 e. The Hall–Kier alpha value is -0.360. The van der Waals surface area contributed by atoms with E-state index in [2.05, 4.69) is 10.6 Å². The molecule has 1 spiro atoms. The molecule has 0 bridgehead atoms. The van der Waals surface area contributed by atoms with E-state index in [0.29, 0.717) is 17.9 Å². The van der Waals surface area contributed by atoms with Gasteiger partial charge in [-0.25, -0.2) is 8.78 Å². The molecule has 2 fully saturated rings. The van der Waals surface area contributed by atoms with Crippen LogP contribution < -0.4 is 10.6 Å². The van der Waals surface area contributed by atoms with Crippen molar-refractivity contribution in [3.05, 3.63) is 0 Å². The first-order valence-electron chi connectivity index (χ1n) is 6.04. The Morgan fingerprint density at radius 3 is 2.53 bits per heavy atom. The van der Waals surface area contributed by atoms with Crippen molar-refractivity contribution in [1.82, 2.24) is 10.6 Å². The zero-order valence-corrected chi connectivity index (χ0v) is 9.62. The fourth-order valence-electron chi connectivity index (χ4n) is 2.75. The first-order valence-corrected chi connectivity index (χ1v) is 6.04. The minimum Gasteiger partial charge on any atom is -0.317 e. The second kappa shape index (κ2) is 4.72. The van der Waals surface area contributed by atoms with Gasteiger partial charge in [0.05, 0.1) is 6.54 Å². The first-order chi connectivity index (χ1) is 7.96. The third kappa shape index (κ3) is 2.91. The van der Waals surface area contributed by atoms with Crippen molar-refractivity contribution < 1.29 is 17.6 Å². The van der Waals surface area contributed by atoms with E-state index in [1.54, 1.807) is 0 Å². The van der Waals surface area contributed by atoms with Crippen LogP contribution in [0, 0.1) is 11.3 Å². The Bertz CT molecular complexity index is 264. The summed E-state index contributed by atoms with van der Waals surface area (Å²) in [5.41, 5.74) is 0.304. The van der Waals surface area contributed by atoms with Gasteiger partial charge in [-0.15, -0.1) is 0 Å². The number of hydrogen-bond donors (Lipinski definition) is 2. The van der Waals surface area contributed by atoms with Crippen molar-refractivity contribution in [2.75, 3.05) is 26.2 Å². The molecule has 0 aromatic carbocycles. The van der Waals surface area contributed by atoms with Crippen molar-refractivity contribution >= 4 is 0 Å². The maximum absolute atomic E-state index is 12.6. The van der Waals surface area contributed by atoms with Gasteiger partial charge in [-0.1, -0.05) is 0 Å². The average molecular weight is 254 g/mol. The molecule has 0 amide bonds. The zero-order valence-electron chi connectivity index (χ0n) is 9.62. The van der Waals surface area contributed by atoms with Gasteiger partial charge in [-0.05, 0) is 50.2 Å². The van der Waals surface area contributed by atoms with Gasteiger partial charge in [0.2, 0.25) is 0 Å². The van der Waals surface area contributed by atoms with Crippen molar-refractivity contribution in [2.45, 2.75) is 31.6 Å². The molecule has 1 atom stereocenters.